The first kappa shape index (κ1) is 20.9. The van der Waals surface area contributed by atoms with E-state index >= 15 is 0 Å². The number of esters is 1. The molecule has 0 aliphatic rings. The number of carbonyl (C=O) groups excluding carboxylic acids is 1. The third kappa shape index (κ3) is 4.36. The number of rotatable bonds is 5. The number of benzene rings is 4. The number of methoxy groups -OCH3 is 1. The standard InChI is InChI=1S/C28H19FO3S/c1-31-26(30)15-8-18-6-12-23(13-7-18)32-27-24-14-11-22(29)17-25(24)33-28(27)21-10-9-19-4-2-3-5-20(19)16-21/h2-17H,1H3/b15-8+. The minimum atomic E-state index is -0.410. The molecule has 0 atom stereocenters. The fraction of sp³-hybridized carbons (Fsp3) is 0.0357. The van der Waals surface area contributed by atoms with Gasteiger partial charge in [-0.1, -0.05) is 48.5 Å². The Kier molecular flexibility index (Phi) is 5.63. The molecule has 4 aromatic carbocycles. The van der Waals surface area contributed by atoms with E-state index < -0.39 is 5.97 Å². The lowest BCUT2D eigenvalue weighted by Crippen LogP contribution is -1.93. The van der Waals surface area contributed by atoms with Gasteiger partial charge in [0.15, 0.2) is 5.75 Å². The van der Waals surface area contributed by atoms with Gasteiger partial charge in [-0.25, -0.2) is 9.18 Å². The highest BCUT2D eigenvalue weighted by molar-refractivity contribution is 7.22. The molecule has 0 bridgehead atoms. The SMILES string of the molecule is COC(=O)/C=C/c1ccc(Oc2c(-c3ccc4ccccc4c3)sc3cc(F)ccc23)cc1. The van der Waals surface area contributed by atoms with Gasteiger partial charge in [0.05, 0.1) is 12.0 Å². The largest absolute Gasteiger partial charge is 0.466 e. The third-order valence-corrected chi connectivity index (χ3v) is 6.51. The molecule has 162 valence electrons. The molecule has 0 fully saturated rings. The van der Waals surface area contributed by atoms with E-state index in [2.05, 4.69) is 35.1 Å². The molecule has 5 rings (SSSR count). The second kappa shape index (κ2) is 8.88. The molecular weight excluding hydrogens is 435 g/mol. The van der Waals surface area contributed by atoms with Gasteiger partial charge in [-0.2, -0.15) is 0 Å². The van der Waals surface area contributed by atoms with Gasteiger partial charge >= 0.3 is 5.97 Å². The lowest BCUT2D eigenvalue weighted by atomic mass is 10.1. The highest BCUT2D eigenvalue weighted by atomic mass is 32.1. The molecule has 5 heteroatoms. The summed E-state index contributed by atoms with van der Waals surface area (Å²) >= 11 is 1.51. The summed E-state index contributed by atoms with van der Waals surface area (Å²) in [5, 5.41) is 3.15. The van der Waals surface area contributed by atoms with Crippen molar-refractivity contribution in [2.24, 2.45) is 0 Å². The van der Waals surface area contributed by atoms with Crippen LogP contribution in [0.3, 0.4) is 0 Å². The topological polar surface area (TPSA) is 35.5 Å². The molecule has 0 amide bonds. The van der Waals surface area contributed by atoms with Crippen LogP contribution in [0.2, 0.25) is 0 Å². The Labute approximate surface area is 194 Å². The van der Waals surface area contributed by atoms with E-state index in [-0.39, 0.29) is 5.82 Å². The predicted molar refractivity (Wildman–Crippen MR) is 132 cm³/mol. The van der Waals surface area contributed by atoms with E-state index in [4.69, 9.17) is 4.74 Å². The summed E-state index contributed by atoms with van der Waals surface area (Å²) in [7, 11) is 1.34. The van der Waals surface area contributed by atoms with Gasteiger partial charge in [0.1, 0.15) is 11.6 Å². The average molecular weight is 455 g/mol. The molecular formula is C28H19FO3S. The van der Waals surface area contributed by atoms with Crippen molar-refractivity contribution in [3.63, 3.8) is 0 Å². The van der Waals surface area contributed by atoms with Gasteiger partial charge in [0.2, 0.25) is 0 Å². The van der Waals surface area contributed by atoms with Crippen molar-refractivity contribution in [3.05, 3.63) is 102 Å². The molecule has 0 aliphatic heterocycles. The van der Waals surface area contributed by atoms with Crippen LogP contribution in [-0.4, -0.2) is 13.1 Å². The van der Waals surface area contributed by atoms with E-state index in [0.717, 1.165) is 36.9 Å². The number of fused-ring (bicyclic) bond motifs is 2. The fourth-order valence-corrected chi connectivity index (χ4v) is 4.82. The van der Waals surface area contributed by atoms with Crippen LogP contribution >= 0.6 is 11.3 Å². The van der Waals surface area contributed by atoms with Crippen molar-refractivity contribution >= 4 is 44.2 Å². The molecule has 5 aromatic rings. The number of hydrogen-bond donors (Lipinski definition) is 0. The Balaban J connectivity index is 1.55. The minimum Gasteiger partial charge on any atom is -0.466 e. The first-order valence-corrected chi connectivity index (χ1v) is 11.2. The zero-order chi connectivity index (χ0) is 22.8. The van der Waals surface area contributed by atoms with Gasteiger partial charge < -0.3 is 9.47 Å². The van der Waals surface area contributed by atoms with Crippen molar-refractivity contribution in [1.29, 1.82) is 0 Å². The van der Waals surface area contributed by atoms with Crippen LogP contribution in [0.4, 0.5) is 4.39 Å². The molecule has 3 nitrogen and oxygen atoms in total. The second-order valence-corrected chi connectivity index (χ2v) is 8.54. The molecule has 0 spiro atoms. The fourth-order valence-electron chi connectivity index (χ4n) is 3.67. The van der Waals surface area contributed by atoms with Gasteiger partial charge in [-0.15, -0.1) is 11.3 Å². The van der Waals surface area contributed by atoms with E-state index in [0.29, 0.717) is 11.5 Å². The van der Waals surface area contributed by atoms with Gasteiger partial charge in [-0.3, -0.25) is 0 Å². The summed E-state index contributed by atoms with van der Waals surface area (Å²) in [6.07, 6.45) is 3.05. The van der Waals surface area contributed by atoms with Crippen LogP contribution in [-0.2, 0) is 9.53 Å². The Morgan fingerprint density at radius 3 is 2.48 bits per heavy atom. The second-order valence-electron chi connectivity index (χ2n) is 7.49. The maximum absolute atomic E-state index is 13.9. The van der Waals surface area contributed by atoms with Crippen molar-refractivity contribution in [2.45, 2.75) is 0 Å². The van der Waals surface area contributed by atoms with Crippen LogP contribution in [0.15, 0.2) is 91.0 Å². The summed E-state index contributed by atoms with van der Waals surface area (Å²) in [6.45, 7) is 0. The van der Waals surface area contributed by atoms with E-state index in [1.807, 2.05) is 36.4 Å². The van der Waals surface area contributed by atoms with Crippen molar-refractivity contribution < 1.29 is 18.7 Å². The Bertz CT molecular complexity index is 1500. The molecule has 33 heavy (non-hydrogen) atoms. The predicted octanol–water partition coefficient (Wildman–Crippen LogP) is 7.84. The van der Waals surface area contributed by atoms with E-state index in [1.54, 1.807) is 12.1 Å². The smallest absolute Gasteiger partial charge is 0.330 e. The van der Waals surface area contributed by atoms with Crippen LogP contribution in [0.25, 0.3) is 37.4 Å². The highest BCUT2D eigenvalue weighted by Crippen LogP contribution is 2.47. The minimum absolute atomic E-state index is 0.276. The summed E-state index contributed by atoms with van der Waals surface area (Å²) in [6, 6.07) is 26.6. The zero-order valence-corrected chi connectivity index (χ0v) is 18.6. The number of ether oxygens (including phenoxy) is 2. The molecule has 0 radical (unpaired) electrons. The number of carbonyl (C=O) groups is 1. The van der Waals surface area contributed by atoms with Crippen LogP contribution in [0.5, 0.6) is 11.5 Å². The van der Waals surface area contributed by atoms with Gasteiger partial charge in [-0.05, 0) is 64.4 Å². The number of thiophene rings is 1. The monoisotopic (exact) mass is 454 g/mol. The summed E-state index contributed by atoms with van der Waals surface area (Å²) in [5.41, 5.74) is 1.86. The first-order valence-electron chi connectivity index (χ1n) is 10.4. The Morgan fingerprint density at radius 2 is 1.70 bits per heavy atom. The van der Waals surface area contributed by atoms with Crippen molar-refractivity contribution in [2.75, 3.05) is 7.11 Å². The molecule has 1 heterocycles. The molecule has 0 saturated heterocycles. The molecule has 0 unspecified atom stereocenters. The van der Waals surface area contributed by atoms with Crippen molar-refractivity contribution in [3.8, 4) is 21.9 Å². The molecule has 0 N–H and O–H groups in total. The lowest BCUT2D eigenvalue weighted by Gasteiger charge is -2.09. The van der Waals surface area contributed by atoms with E-state index in [1.165, 1.54) is 36.7 Å². The zero-order valence-electron chi connectivity index (χ0n) is 17.7. The molecule has 0 saturated carbocycles. The Hall–Kier alpha value is -3.96. The number of hydrogen-bond acceptors (Lipinski definition) is 4. The lowest BCUT2D eigenvalue weighted by molar-refractivity contribution is -0.134. The Morgan fingerprint density at radius 1 is 0.909 bits per heavy atom. The summed E-state index contributed by atoms with van der Waals surface area (Å²) in [4.78, 5) is 12.2. The van der Waals surface area contributed by atoms with Gasteiger partial charge in [0, 0.05) is 16.2 Å². The quantitative estimate of drug-likeness (QED) is 0.200. The average Bonchev–Trinajstić information content (AvgIpc) is 3.20. The third-order valence-electron chi connectivity index (χ3n) is 5.33. The first-order chi connectivity index (χ1) is 16.1. The van der Waals surface area contributed by atoms with E-state index in [9.17, 15) is 9.18 Å². The van der Waals surface area contributed by atoms with Crippen molar-refractivity contribution in [1.82, 2.24) is 0 Å². The molecule has 0 aliphatic carbocycles. The number of halogens is 1. The normalized spacial score (nSPS) is 11.3. The highest BCUT2D eigenvalue weighted by Gasteiger charge is 2.17. The summed E-state index contributed by atoms with van der Waals surface area (Å²) in [5.74, 6) is 0.661. The maximum atomic E-state index is 13.9. The van der Waals surface area contributed by atoms with Crippen LogP contribution < -0.4 is 4.74 Å². The summed E-state index contributed by atoms with van der Waals surface area (Å²) < 4.78 is 25.7. The van der Waals surface area contributed by atoms with Gasteiger partial charge in [0.25, 0.3) is 0 Å². The maximum Gasteiger partial charge on any atom is 0.330 e. The van der Waals surface area contributed by atoms with Crippen LogP contribution in [0, 0.1) is 5.82 Å². The molecule has 1 aromatic heterocycles. The van der Waals surface area contributed by atoms with Crippen LogP contribution in [0.1, 0.15) is 5.56 Å².